The molecule has 1 aliphatic carbocycles. The molecular formula is C11H13NO4S2. The van der Waals surface area contributed by atoms with Gasteiger partial charge in [-0.25, -0.2) is 13.2 Å². The summed E-state index contributed by atoms with van der Waals surface area (Å²) in [6.07, 6.45) is 3.24. The molecule has 0 bridgehead atoms. The fraction of sp³-hybridized carbons (Fsp3) is 0.364. The second-order valence-electron chi connectivity index (χ2n) is 4.05. The summed E-state index contributed by atoms with van der Waals surface area (Å²) in [7, 11) is -3.60. The van der Waals surface area contributed by atoms with E-state index in [0.717, 1.165) is 24.2 Å². The highest BCUT2D eigenvalue weighted by atomic mass is 32.2. The van der Waals surface area contributed by atoms with Gasteiger partial charge >= 0.3 is 5.97 Å². The fourth-order valence-corrected chi connectivity index (χ4v) is 4.39. The molecule has 1 saturated carbocycles. The summed E-state index contributed by atoms with van der Waals surface area (Å²) in [5, 5.41) is 10.2. The minimum absolute atomic E-state index is 0.0289. The van der Waals surface area contributed by atoms with E-state index in [1.54, 1.807) is 6.08 Å². The molecule has 1 N–H and O–H groups in total. The van der Waals surface area contributed by atoms with E-state index < -0.39 is 16.0 Å². The Balaban J connectivity index is 2.32. The highest BCUT2D eigenvalue weighted by Gasteiger charge is 2.37. The molecular weight excluding hydrogens is 274 g/mol. The van der Waals surface area contributed by atoms with E-state index in [1.807, 2.05) is 0 Å². The van der Waals surface area contributed by atoms with Crippen molar-refractivity contribution in [3.8, 4) is 0 Å². The second-order valence-corrected chi connectivity index (χ2v) is 6.85. The summed E-state index contributed by atoms with van der Waals surface area (Å²) in [5.74, 6) is -1.11. The van der Waals surface area contributed by atoms with E-state index in [1.165, 1.54) is 15.8 Å². The van der Waals surface area contributed by atoms with E-state index in [2.05, 4.69) is 6.58 Å². The second kappa shape index (κ2) is 4.83. The normalized spacial score (nSPS) is 15.8. The Hall–Kier alpha value is -1.18. The Bertz CT molecular complexity index is 572. The van der Waals surface area contributed by atoms with Crippen molar-refractivity contribution in [1.82, 2.24) is 4.31 Å². The third-order valence-corrected chi connectivity index (χ3v) is 5.62. The molecule has 0 amide bonds. The zero-order valence-electron chi connectivity index (χ0n) is 9.57. The SMILES string of the molecule is C=CCN(C1CC1)S(=O)(=O)c1csc(C(=O)O)c1. The van der Waals surface area contributed by atoms with Gasteiger partial charge in [0.1, 0.15) is 4.88 Å². The highest BCUT2D eigenvalue weighted by molar-refractivity contribution is 7.89. The lowest BCUT2D eigenvalue weighted by Gasteiger charge is -2.19. The number of rotatable bonds is 6. The number of carboxylic acid groups (broad SMARTS) is 1. The Morgan fingerprint density at radius 2 is 2.28 bits per heavy atom. The Labute approximate surface area is 109 Å². The summed E-state index contributed by atoms with van der Waals surface area (Å²) in [6.45, 7) is 3.81. The number of hydrogen-bond donors (Lipinski definition) is 1. The van der Waals surface area contributed by atoms with Crippen molar-refractivity contribution in [2.45, 2.75) is 23.8 Å². The van der Waals surface area contributed by atoms with Gasteiger partial charge in [0.2, 0.25) is 10.0 Å². The summed E-state index contributed by atoms with van der Waals surface area (Å²) >= 11 is 0.921. The van der Waals surface area contributed by atoms with Crippen LogP contribution >= 0.6 is 11.3 Å². The van der Waals surface area contributed by atoms with Crippen LogP contribution in [0.1, 0.15) is 22.5 Å². The first-order valence-electron chi connectivity index (χ1n) is 5.41. The zero-order valence-corrected chi connectivity index (χ0v) is 11.2. The van der Waals surface area contributed by atoms with Gasteiger partial charge in [0.15, 0.2) is 0 Å². The maximum atomic E-state index is 12.3. The molecule has 1 aromatic rings. The summed E-state index contributed by atoms with van der Waals surface area (Å²) in [6, 6.07) is 1.24. The van der Waals surface area contributed by atoms with E-state index in [9.17, 15) is 13.2 Å². The number of nitrogens with zero attached hydrogens (tertiary/aromatic N) is 1. The first-order valence-corrected chi connectivity index (χ1v) is 7.73. The molecule has 18 heavy (non-hydrogen) atoms. The third kappa shape index (κ3) is 2.47. The van der Waals surface area contributed by atoms with E-state index in [0.29, 0.717) is 0 Å². The van der Waals surface area contributed by atoms with E-state index in [4.69, 9.17) is 5.11 Å². The van der Waals surface area contributed by atoms with Gasteiger partial charge in [0.25, 0.3) is 0 Å². The van der Waals surface area contributed by atoms with Crippen LogP contribution in [-0.2, 0) is 10.0 Å². The maximum Gasteiger partial charge on any atom is 0.345 e. The van der Waals surface area contributed by atoms with Crippen molar-refractivity contribution in [3.63, 3.8) is 0 Å². The van der Waals surface area contributed by atoms with Crippen molar-refractivity contribution in [1.29, 1.82) is 0 Å². The topological polar surface area (TPSA) is 74.7 Å². The third-order valence-electron chi connectivity index (χ3n) is 2.66. The van der Waals surface area contributed by atoms with Crippen molar-refractivity contribution in [2.24, 2.45) is 0 Å². The molecule has 0 aromatic carbocycles. The van der Waals surface area contributed by atoms with Crippen LogP contribution in [0, 0.1) is 0 Å². The van der Waals surface area contributed by atoms with Crippen LogP contribution in [0.25, 0.3) is 0 Å². The minimum Gasteiger partial charge on any atom is -0.477 e. The molecule has 0 saturated heterocycles. The van der Waals surface area contributed by atoms with Crippen molar-refractivity contribution in [3.05, 3.63) is 29.0 Å². The number of carboxylic acids is 1. The molecule has 1 heterocycles. The van der Waals surface area contributed by atoms with Gasteiger partial charge in [-0.05, 0) is 18.9 Å². The number of aromatic carboxylic acids is 1. The van der Waals surface area contributed by atoms with E-state index >= 15 is 0 Å². The number of hydrogen-bond acceptors (Lipinski definition) is 4. The lowest BCUT2D eigenvalue weighted by Crippen LogP contribution is -2.33. The molecule has 0 unspecified atom stereocenters. The molecule has 98 valence electrons. The van der Waals surface area contributed by atoms with Gasteiger partial charge in [-0.1, -0.05) is 6.08 Å². The summed E-state index contributed by atoms with van der Waals surface area (Å²) in [4.78, 5) is 10.9. The van der Waals surface area contributed by atoms with E-state index in [-0.39, 0.29) is 22.4 Å². The highest BCUT2D eigenvalue weighted by Crippen LogP contribution is 2.33. The van der Waals surface area contributed by atoms with Crippen LogP contribution in [-0.4, -0.2) is 36.4 Å². The van der Waals surface area contributed by atoms with Crippen LogP contribution < -0.4 is 0 Å². The molecule has 0 atom stereocenters. The molecule has 5 nitrogen and oxygen atoms in total. The first-order chi connectivity index (χ1) is 8.46. The molecule has 1 aliphatic rings. The molecule has 0 aliphatic heterocycles. The van der Waals surface area contributed by atoms with Crippen molar-refractivity contribution < 1.29 is 18.3 Å². The Morgan fingerprint density at radius 3 is 2.72 bits per heavy atom. The first kappa shape index (κ1) is 13.3. The van der Waals surface area contributed by atoms with Crippen LogP contribution in [0.5, 0.6) is 0 Å². The van der Waals surface area contributed by atoms with Gasteiger partial charge in [-0.15, -0.1) is 17.9 Å². The quantitative estimate of drug-likeness (QED) is 0.809. The number of carbonyl (C=O) groups is 1. The predicted molar refractivity (Wildman–Crippen MR) is 68.4 cm³/mol. The molecule has 2 rings (SSSR count). The largest absolute Gasteiger partial charge is 0.477 e. The van der Waals surface area contributed by atoms with Crippen LogP contribution in [0.4, 0.5) is 0 Å². The molecule has 7 heteroatoms. The van der Waals surface area contributed by atoms with Crippen LogP contribution in [0.15, 0.2) is 29.0 Å². The summed E-state index contributed by atoms with van der Waals surface area (Å²) < 4.78 is 26.0. The monoisotopic (exact) mass is 287 g/mol. The number of thiophene rings is 1. The average Bonchev–Trinajstić information content (AvgIpc) is 2.99. The van der Waals surface area contributed by atoms with Crippen molar-refractivity contribution >= 4 is 27.3 Å². The molecule has 0 spiro atoms. The molecule has 0 radical (unpaired) electrons. The maximum absolute atomic E-state index is 12.3. The zero-order chi connectivity index (χ0) is 13.3. The Kier molecular flexibility index (Phi) is 3.56. The van der Waals surface area contributed by atoms with Crippen LogP contribution in [0.3, 0.4) is 0 Å². The predicted octanol–water partition coefficient (Wildman–Crippen LogP) is 1.79. The molecule has 1 aromatic heterocycles. The molecule has 1 fully saturated rings. The lowest BCUT2D eigenvalue weighted by molar-refractivity contribution is 0.0702. The smallest absolute Gasteiger partial charge is 0.345 e. The van der Waals surface area contributed by atoms with Crippen molar-refractivity contribution in [2.75, 3.05) is 6.54 Å². The Morgan fingerprint density at radius 1 is 1.61 bits per heavy atom. The van der Waals surface area contributed by atoms with Crippen LogP contribution in [0.2, 0.25) is 0 Å². The minimum atomic E-state index is -3.60. The van der Waals surface area contributed by atoms with Gasteiger partial charge in [-0.3, -0.25) is 0 Å². The fourth-order valence-electron chi connectivity index (χ4n) is 1.63. The van der Waals surface area contributed by atoms with Gasteiger partial charge < -0.3 is 5.11 Å². The van der Waals surface area contributed by atoms with Gasteiger partial charge in [0, 0.05) is 18.0 Å². The lowest BCUT2D eigenvalue weighted by atomic mass is 10.5. The summed E-state index contributed by atoms with van der Waals surface area (Å²) in [5.41, 5.74) is 0. The van der Waals surface area contributed by atoms with Gasteiger partial charge in [0.05, 0.1) is 4.90 Å². The number of sulfonamides is 1. The van der Waals surface area contributed by atoms with Gasteiger partial charge in [-0.2, -0.15) is 4.31 Å². The standard InChI is InChI=1S/C11H13NO4S2/c1-2-5-12(8-3-4-8)18(15,16)9-6-10(11(13)14)17-7-9/h2,6-8H,1,3-5H2,(H,13,14). The average molecular weight is 287 g/mol.